The van der Waals surface area contributed by atoms with Crippen molar-refractivity contribution in [1.29, 1.82) is 0 Å². The predicted molar refractivity (Wildman–Crippen MR) is 89.9 cm³/mol. The average Bonchev–Trinajstić information content (AvgIpc) is 2.40. The minimum absolute atomic E-state index is 0. The Bertz CT molecular complexity index is 240. The Kier molecular flexibility index (Phi) is 21.7. The van der Waals surface area contributed by atoms with Crippen molar-refractivity contribution in [3.05, 3.63) is 0 Å². The van der Waals surface area contributed by atoms with Crippen LogP contribution in [0.3, 0.4) is 0 Å². The summed E-state index contributed by atoms with van der Waals surface area (Å²) in [5.41, 5.74) is 0. The molecule has 124 valence electrons. The molecule has 2 atom stereocenters. The standard InChI is InChI=1S/2C8H16O2.Mg.2H/c2*1-3-5-6-7(4-2)8(9)10;;;/h2*7H,3-6H2,1-2H3,(H,9,10);;;/q;;+2;2*-1. The maximum absolute atomic E-state index is 10.4. The van der Waals surface area contributed by atoms with Gasteiger partial charge in [0.15, 0.2) is 0 Å². The molecule has 0 aromatic carbocycles. The summed E-state index contributed by atoms with van der Waals surface area (Å²) < 4.78 is 0. The Morgan fingerprint density at radius 3 is 1.24 bits per heavy atom. The molecule has 0 aromatic rings. The van der Waals surface area contributed by atoms with Gasteiger partial charge in [0.1, 0.15) is 0 Å². The van der Waals surface area contributed by atoms with E-state index in [1.165, 1.54) is 0 Å². The van der Waals surface area contributed by atoms with Crippen molar-refractivity contribution in [3.8, 4) is 0 Å². The maximum Gasteiger partial charge on any atom is 2.00 e. The van der Waals surface area contributed by atoms with Crippen molar-refractivity contribution >= 4 is 35.0 Å². The van der Waals surface area contributed by atoms with Gasteiger partial charge in [0, 0.05) is 0 Å². The van der Waals surface area contributed by atoms with Gasteiger partial charge in [-0.2, -0.15) is 0 Å². The van der Waals surface area contributed by atoms with Crippen LogP contribution in [-0.2, 0) is 9.59 Å². The van der Waals surface area contributed by atoms with Gasteiger partial charge >= 0.3 is 35.0 Å². The van der Waals surface area contributed by atoms with E-state index in [0.29, 0.717) is 0 Å². The third-order valence-electron chi connectivity index (χ3n) is 3.50. The molecular weight excluding hydrogens is 280 g/mol. The summed E-state index contributed by atoms with van der Waals surface area (Å²) in [7, 11) is 0. The molecule has 0 fully saturated rings. The number of carboxylic acid groups (broad SMARTS) is 2. The van der Waals surface area contributed by atoms with Gasteiger partial charge in [-0.05, 0) is 25.7 Å². The van der Waals surface area contributed by atoms with E-state index < -0.39 is 11.9 Å². The summed E-state index contributed by atoms with van der Waals surface area (Å²) in [6.07, 6.45) is 7.43. The van der Waals surface area contributed by atoms with Gasteiger partial charge < -0.3 is 13.1 Å². The van der Waals surface area contributed by atoms with Crippen molar-refractivity contribution in [2.45, 2.75) is 79.1 Å². The molecule has 0 spiro atoms. The summed E-state index contributed by atoms with van der Waals surface area (Å²) in [4.78, 5) is 20.9. The smallest absolute Gasteiger partial charge is 1.00 e. The molecule has 0 heterocycles. The van der Waals surface area contributed by atoms with Crippen LogP contribution >= 0.6 is 0 Å². The number of rotatable bonds is 10. The molecule has 5 heteroatoms. The maximum atomic E-state index is 10.4. The van der Waals surface area contributed by atoms with Crippen molar-refractivity contribution in [2.75, 3.05) is 0 Å². The number of unbranched alkanes of at least 4 members (excludes halogenated alkanes) is 2. The first-order valence-corrected chi connectivity index (χ1v) is 7.89. The fourth-order valence-corrected chi connectivity index (χ4v) is 1.91. The Labute approximate surface area is 148 Å². The summed E-state index contributed by atoms with van der Waals surface area (Å²) in [6.45, 7) is 8.01. The molecule has 0 saturated heterocycles. The van der Waals surface area contributed by atoms with E-state index in [1.54, 1.807) is 0 Å². The second-order valence-corrected chi connectivity index (χ2v) is 5.17. The first kappa shape index (κ1) is 25.6. The molecular formula is C16H34MgO4. The third-order valence-corrected chi connectivity index (χ3v) is 3.50. The number of aliphatic carboxylic acids is 2. The van der Waals surface area contributed by atoms with Crippen LogP contribution in [0.2, 0.25) is 0 Å². The second-order valence-electron chi connectivity index (χ2n) is 5.17. The monoisotopic (exact) mass is 314 g/mol. The molecule has 0 aliphatic rings. The molecule has 21 heavy (non-hydrogen) atoms. The van der Waals surface area contributed by atoms with Gasteiger partial charge in [-0.1, -0.05) is 53.4 Å². The molecule has 0 amide bonds. The van der Waals surface area contributed by atoms with Crippen LogP contribution in [0.25, 0.3) is 0 Å². The Hall–Kier alpha value is -0.294. The zero-order chi connectivity index (χ0) is 16.0. The zero-order valence-corrected chi connectivity index (χ0v) is 15.6. The summed E-state index contributed by atoms with van der Waals surface area (Å²) >= 11 is 0. The third kappa shape index (κ3) is 15.9. The van der Waals surface area contributed by atoms with Crippen LogP contribution in [0.4, 0.5) is 0 Å². The first-order valence-electron chi connectivity index (χ1n) is 7.89. The predicted octanol–water partition coefficient (Wildman–Crippen LogP) is 4.42. The quantitative estimate of drug-likeness (QED) is 0.585. The van der Waals surface area contributed by atoms with Gasteiger partial charge in [0.2, 0.25) is 0 Å². The fourth-order valence-electron chi connectivity index (χ4n) is 1.91. The van der Waals surface area contributed by atoms with Crippen LogP contribution in [0.5, 0.6) is 0 Å². The Balaban J connectivity index is -0.0000000831. The van der Waals surface area contributed by atoms with Gasteiger partial charge in [0.25, 0.3) is 0 Å². The van der Waals surface area contributed by atoms with E-state index in [-0.39, 0.29) is 37.7 Å². The van der Waals surface area contributed by atoms with Crippen LogP contribution in [0.1, 0.15) is 81.9 Å². The molecule has 0 radical (unpaired) electrons. The number of carboxylic acids is 2. The van der Waals surface area contributed by atoms with E-state index >= 15 is 0 Å². The van der Waals surface area contributed by atoms with Crippen molar-refractivity contribution in [2.24, 2.45) is 11.8 Å². The number of hydrogen-bond acceptors (Lipinski definition) is 2. The van der Waals surface area contributed by atoms with Gasteiger partial charge in [-0.3, -0.25) is 9.59 Å². The molecule has 2 N–H and O–H groups in total. The van der Waals surface area contributed by atoms with E-state index in [0.717, 1.165) is 51.4 Å². The molecule has 0 aliphatic carbocycles. The van der Waals surface area contributed by atoms with E-state index in [4.69, 9.17) is 10.2 Å². The largest absolute Gasteiger partial charge is 2.00 e. The molecule has 0 rings (SSSR count). The van der Waals surface area contributed by atoms with Gasteiger partial charge in [-0.15, -0.1) is 0 Å². The van der Waals surface area contributed by atoms with Crippen LogP contribution in [0, 0.1) is 11.8 Å². The van der Waals surface area contributed by atoms with Crippen molar-refractivity contribution in [3.63, 3.8) is 0 Å². The topological polar surface area (TPSA) is 74.6 Å². The molecule has 0 aromatic heterocycles. The van der Waals surface area contributed by atoms with E-state index in [9.17, 15) is 9.59 Å². The summed E-state index contributed by atoms with van der Waals surface area (Å²) in [6, 6.07) is 0. The second kappa shape index (κ2) is 17.8. The average molecular weight is 315 g/mol. The first-order chi connectivity index (χ1) is 9.44. The number of carbonyl (C=O) groups is 2. The van der Waals surface area contributed by atoms with E-state index in [1.807, 2.05) is 13.8 Å². The van der Waals surface area contributed by atoms with Crippen LogP contribution in [-0.4, -0.2) is 45.2 Å². The van der Waals surface area contributed by atoms with Crippen molar-refractivity contribution in [1.82, 2.24) is 0 Å². The summed E-state index contributed by atoms with van der Waals surface area (Å²) in [5.74, 6) is -1.51. The minimum Gasteiger partial charge on any atom is -1.00 e. The SMILES string of the molecule is CCCCC(CC)C(=O)O.CCCCC(CC)C(=O)O.[H-].[H-].[Mg+2]. The Morgan fingerprint density at radius 1 is 0.810 bits per heavy atom. The van der Waals surface area contributed by atoms with Crippen LogP contribution in [0.15, 0.2) is 0 Å². The van der Waals surface area contributed by atoms with Crippen molar-refractivity contribution < 1.29 is 22.7 Å². The normalized spacial score (nSPS) is 12.4. The molecule has 0 saturated carbocycles. The van der Waals surface area contributed by atoms with Crippen LogP contribution < -0.4 is 0 Å². The van der Waals surface area contributed by atoms with Gasteiger partial charge in [0.05, 0.1) is 11.8 Å². The Morgan fingerprint density at radius 2 is 1.10 bits per heavy atom. The molecule has 0 aliphatic heterocycles. The summed E-state index contributed by atoms with van der Waals surface area (Å²) in [5, 5.41) is 17.2. The fraction of sp³-hybridized carbons (Fsp3) is 0.875. The molecule has 4 nitrogen and oxygen atoms in total. The molecule has 0 bridgehead atoms. The van der Waals surface area contributed by atoms with Gasteiger partial charge in [-0.25, -0.2) is 0 Å². The minimum atomic E-state index is -0.643. The zero-order valence-electron chi connectivity index (χ0n) is 16.2. The number of hydrogen-bond donors (Lipinski definition) is 2. The molecule has 2 unspecified atom stereocenters. The van der Waals surface area contributed by atoms with E-state index in [2.05, 4.69) is 13.8 Å².